The topological polar surface area (TPSA) is 104 Å². The van der Waals surface area contributed by atoms with Gasteiger partial charge in [-0.15, -0.1) is 0 Å². The minimum absolute atomic E-state index is 0.125. The second kappa shape index (κ2) is 4.59. The highest BCUT2D eigenvalue weighted by atomic mass is 16.2. The van der Waals surface area contributed by atoms with Crippen LogP contribution < -0.4 is 10.6 Å². The number of aryl methyl sites for hydroxylation is 1. The number of rotatable bonds is 2. The quantitative estimate of drug-likeness (QED) is 0.673. The van der Waals surface area contributed by atoms with Crippen molar-refractivity contribution in [3.63, 3.8) is 0 Å². The molecule has 4 rings (SSSR count). The molecule has 124 valence electrons. The van der Waals surface area contributed by atoms with Crippen LogP contribution in [0.3, 0.4) is 0 Å². The maximum Gasteiger partial charge on any atom is 0.237 e. The van der Waals surface area contributed by atoms with Gasteiger partial charge in [0.05, 0.1) is 33.5 Å². The van der Waals surface area contributed by atoms with E-state index in [0.717, 1.165) is 28.0 Å². The van der Waals surface area contributed by atoms with E-state index in [2.05, 4.69) is 20.2 Å². The molecule has 7 heteroatoms. The van der Waals surface area contributed by atoms with Crippen LogP contribution in [0.2, 0.25) is 0 Å². The van der Waals surface area contributed by atoms with Gasteiger partial charge < -0.3 is 15.6 Å². The largest absolute Gasteiger partial charge is 0.395 e. The molecule has 0 fully saturated rings. The normalized spacial score (nSPS) is 16.2. The van der Waals surface area contributed by atoms with Gasteiger partial charge in [0.25, 0.3) is 0 Å². The number of nitrogen functional groups attached to an aromatic ring is 1. The number of carbonyl (C=O) groups is 1. The first kappa shape index (κ1) is 14.7. The van der Waals surface area contributed by atoms with E-state index in [1.807, 2.05) is 44.7 Å². The zero-order valence-electron chi connectivity index (χ0n) is 14.2. The lowest BCUT2D eigenvalue weighted by Crippen LogP contribution is -2.35. The third kappa shape index (κ3) is 1.75. The highest BCUT2D eigenvalue weighted by Gasteiger charge is 2.43. The Labute approximate surface area is 139 Å². The van der Waals surface area contributed by atoms with Gasteiger partial charge in [-0.05, 0) is 45.4 Å². The molecule has 1 amide bonds. The van der Waals surface area contributed by atoms with Gasteiger partial charge >= 0.3 is 0 Å². The van der Waals surface area contributed by atoms with Crippen LogP contribution in [-0.4, -0.2) is 32.6 Å². The Hall–Kier alpha value is -2.83. The Morgan fingerprint density at radius 1 is 1.33 bits per heavy atom. The predicted octanol–water partition coefficient (Wildman–Crippen LogP) is 2.49. The van der Waals surface area contributed by atoms with Crippen LogP contribution in [0.15, 0.2) is 12.1 Å². The minimum atomic E-state index is -0.535. The number of nitrogens with zero attached hydrogens (tertiary/aromatic N) is 3. The van der Waals surface area contributed by atoms with Crippen molar-refractivity contribution in [3.05, 3.63) is 23.4 Å². The van der Waals surface area contributed by atoms with Gasteiger partial charge in [0.2, 0.25) is 5.91 Å². The molecule has 0 spiro atoms. The van der Waals surface area contributed by atoms with Crippen molar-refractivity contribution < 1.29 is 4.79 Å². The molecule has 4 N–H and O–H groups in total. The van der Waals surface area contributed by atoms with E-state index in [0.29, 0.717) is 23.8 Å². The molecule has 0 radical (unpaired) electrons. The number of nitrogens with two attached hydrogens (primary N) is 1. The van der Waals surface area contributed by atoms with Crippen LogP contribution in [0.4, 0.5) is 11.4 Å². The SMILES string of the molecule is CCN1C(=O)C(C)(C)c2cc3[nH]c(-c4n[nH]c(C)c4N)nc3cc21. The molecule has 0 atom stereocenters. The Balaban J connectivity index is 1.92. The maximum atomic E-state index is 12.6. The standard InChI is InChI=1S/C17H20N6O/c1-5-23-12-7-11-10(6-9(12)17(3,4)16(23)24)19-15(20-11)14-13(18)8(2)21-22-14/h6-7H,5,18H2,1-4H3,(H,19,20)(H,21,22). The first-order valence-corrected chi connectivity index (χ1v) is 8.01. The number of hydrogen-bond acceptors (Lipinski definition) is 4. The summed E-state index contributed by atoms with van der Waals surface area (Å²) in [5.41, 5.74) is 11.2. The molecule has 1 aliphatic heterocycles. The van der Waals surface area contributed by atoms with E-state index in [4.69, 9.17) is 5.73 Å². The third-order valence-corrected chi connectivity index (χ3v) is 4.88. The van der Waals surface area contributed by atoms with Gasteiger partial charge in [0.15, 0.2) is 11.5 Å². The fraction of sp³-hybridized carbons (Fsp3) is 0.353. The lowest BCUT2D eigenvalue weighted by molar-refractivity contribution is -0.122. The number of imidazole rings is 1. The van der Waals surface area contributed by atoms with Gasteiger partial charge in [-0.25, -0.2) is 4.98 Å². The van der Waals surface area contributed by atoms with Gasteiger partial charge in [0.1, 0.15) is 0 Å². The van der Waals surface area contributed by atoms with Gasteiger partial charge in [-0.2, -0.15) is 5.10 Å². The van der Waals surface area contributed by atoms with E-state index in [9.17, 15) is 4.79 Å². The molecular weight excluding hydrogens is 304 g/mol. The number of aromatic nitrogens is 4. The monoisotopic (exact) mass is 324 g/mol. The number of fused-ring (bicyclic) bond motifs is 2. The highest BCUT2D eigenvalue weighted by Crippen LogP contribution is 2.43. The average molecular weight is 324 g/mol. The summed E-state index contributed by atoms with van der Waals surface area (Å²) in [6, 6.07) is 3.99. The lowest BCUT2D eigenvalue weighted by Gasteiger charge is -2.18. The number of amides is 1. The van der Waals surface area contributed by atoms with E-state index in [-0.39, 0.29) is 5.91 Å². The maximum absolute atomic E-state index is 12.6. The van der Waals surface area contributed by atoms with Crippen molar-refractivity contribution in [3.8, 4) is 11.5 Å². The summed E-state index contributed by atoms with van der Waals surface area (Å²) in [4.78, 5) is 22.3. The van der Waals surface area contributed by atoms with Crippen molar-refractivity contribution >= 4 is 28.3 Å². The first-order valence-electron chi connectivity index (χ1n) is 8.01. The smallest absolute Gasteiger partial charge is 0.237 e. The number of likely N-dealkylation sites (N-methyl/N-ethyl adjacent to an activating group) is 1. The van der Waals surface area contributed by atoms with Crippen LogP contribution >= 0.6 is 0 Å². The Morgan fingerprint density at radius 2 is 2.08 bits per heavy atom. The summed E-state index contributed by atoms with van der Waals surface area (Å²) in [5, 5.41) is 7.10. The molecule has 1 aromatic carbocycles. The fourth-order valence-corrected chi connectivity index (χ4v) is 3.38. The number of carbonyl (C=O) groups excluding carboxylic acids is 1. The number of hydrogen-bond donors (Lipinski definition) is 3. The molecule has 1 aliphatic rings. The molecule has 3 heterocycles. The fourth-order valence-electron chi connectivity index (χ4n) is 3.38. The second-order valence-electron chi connectivity index (χ2n) is 6.76. The summed E-state index contributed by atoms with van der Waals surface area (Å²) in [5.74, 6) is 0.753. The molecule has 0 aliphatic carbocycles. The van der Waals surface area contributed by atoms with Gasteiger partial charge in [-0.3, -0.25) is 9.89 Å². The molecule has 2 aromatic heterocycles. The number of H-pyrrole nitrogens is 2. The molecule has 0 saturated heterocycles. The minimum Gasteiger partial charge on any atom is -0.395 e. The van der Waals surface area contributed by atoms with Crippen LogP contribution in [0.1, 0.15) is 32.0 Å². The zero-order valence-corrected chi connectivity index (χ0v) is 14.2. The van der Waals surface area contributed by atoms with Crippen molar-refractivity contribution in [2.24, 2.45) is 0 Å². The van der Waals surface area contributed by atoms with E-state index >= 15 is 0 Å². The first-order chi connectivity index (χ1) is 11.3. The Bertz CT molecular complexity index is 981. The van der Waals surface area contributed by atoms with Crippen LogP contribution in [-0.2, 0) is 10.2 Å². The van der Waals surface area contributed by atoms with Crippen LogP contribution in [0.25, 0.3) is 22.6 Å². The third-order valence-electron chi connectivity index (χ3n) is 4.88. The van der Waals surface area contributed by atoms with E-state index < -0.39 is 5.41 Å². The Morgan fingerprint density at radius 3 is 2.71 bits per heavy atom. The van der Waals surface area contributed by atoms with Crippen LogP contribution in [0, 0.1) is 6.92 Å². The number of benzene rings is 1. The molecule has 24 heavy (non-hydrogen) atoms. The molecular formula is C17H20N6O. The molecule has 0 unspecified atom stereocenters. The van der Waals surface area contributed by atoms with Crippen molar-refractivity contribution in [2.75, 3.05) is 17.2 Å². The van der Waals surface area contributed by atoms with Crippen LogP contribution in [0.5, 0.6) is 0 Å². The number of nitrogens with one attached hydrogen (secondary N) is 2. The van der Waals surface area contributed by atoms with Crippen molar-refractivity contribution in [1.82, 2.24) is 20.2 Å². The number of anilines is 2. The lowest BCUT2D eigenvalue weighted by atomic mass is 9.86. The molecule has 7 nitrogen and oxygen atoms in total. The summed E-state index contributed by atoms with van der Waals surface area (Å²) >= 11 is 0. The average Bonchev–Trinajstić information content (AvgIpc) is 3.15. The predicted molar refractivity (Wildman–Crippen MR) is 93.9 cm³/mol. The Kier molecular flexibility index (Phi) is 2.82. The number of aromatic amines is 2. The van der Waals surface area contributed by atoms with Gasteiger partial charge in [0, 0.05) is 6.54 Å². The van der Waals surface area contributed by atoms with Crippen molar-refractivity contribution in [2.45, 2.75) is 33.1 Å². The summed E-state index contributed by atoms with van der Waals surface area (Å²) in [6.07, 6.45) is 0. The molecule has 0 saturated carbocycles. The second-order valence-corrected chi connectivity index (χ2v) is 6.76. The highest BCUT2D eigenvalue weighted by molar-refractivity contribution is 6.09. The molecule has 3 aromatic rings. The van der Waals surface area contributed by atoms with Gasteiger partial charge in [-0.1, -0.05) is 0 Å². The summed E-state index contributed by atoms with van der Waals surface area (Å²) in [7, 11) is 0. The summed E-state index contributed by atoms with van der Waals surface area (Å²) in [6.45, 7) is 8.42. The van der Waals surface area contributed by atoms with E-state index in [1.165, 1.54) is 0 Å². The zero-order chi connectivity index (χ0) is 17.2. The summed E-state index contributed by atoms with van der Waals surface area (Å²) < 4.78 is 0. The molecule has 0 bridgehead atoms. The van der Waals surface area contributed by atoms with E-state index in [1.54, 1.807) is 0 Å². The van der Waals surface area contributed by atoms with Crippen molar-refractivity contribution in [1.29, 1.82) is 0 Å².